The van der Waals surface area contributed by atoms with Crippen LogP contribution in [0.1, 0.15) is 16.1 Å². The molecule has 0 radical (unpaired) electrons. The highest BCUT2D eigenvalue weighted by Gasteiger charge is 2.18. The van der Waals surface area contributed by atoms with Crippen LogP contribution in [0, 0.1) is 12.1 Å². The van der Waals surface area contributed by atoms with Gasteiger partial charge < -0.3 is 15.3 Å². The van der Waals surface area contributed by atoms with Gasteiger partial charge in [-0.15, -0.1) is 0 Å². The lowest BCUT2D eigenvalue weighted by molar-refractivity contribution is -0.608. The molecule has 6 nitrogen and oxygen atoms in total. The number of amides is 1. The number of aryl methyl sites for hydroxylation is 1. The average Bonchev–Trinajstić information content (AvgIpc) is 2.48. The van der Waals surface area contributed by atoms with Gasteiger partial charge in [0.1, 0.15) is 0 Å². The van der Waals surface area contributed by atoms with Crippen LogP contribution in [0.4, 0.5) is 5.69 Å². The molecule has 0 unspecified atom stereocenters. The Labute approximate surface area is 131 Å². The van der Waals surface area contributed by atoms with E-state index in [2.05, 4.69) is 5.32 Å². The molecule has 0 spiro atoms. The molecule has 0 aliphatic carbocycles. The lowest BCUT2D eigenvalue weighted by atomic mass is 10.2. The van der Waals surface area contributed by atoms with Gasteiger partial charge in [0.05, 0.1) is 10.7 Å². The molecule has 2 aromatic rings. The molecular weight excluding hydrogens is 308 g/mol. The molecule has 1 aromatic carbocycles. The second-order valence-corrected chi connectivity index (χ2v) is 4.93. The van der Waals surface area contributed by atoms with E-state index < -0.39 is 18.5 Å². The first-order valence-electron chi connectivity index (χ1n) is 6.38. The highest BCUT2D eigenvalue weighted by atomic mass is 35.5. The highest BCUT2D eigenvalue weighted by molar-refractivity contribution is 6.33. The Balaban J connectivity index is 1.93. The van der Waals surface area contributed by atoms with E-state index in [-0.39, 0.29) is 5.69 Å². The number of nitrogens with one attached hydrogen (secondary N) is 1. The Hall–Kier alpha value is -2.60. The summed E-state index contributed by atoms with van der Waals surface area (Å²) >= 11 is 5.99. The number of hydrogen-bond donors (Lipinski definition) is 1. The van der Waals surface area contributed by atoms with E-state index in [1.807, 2.05) is 6.92 Å². The van der Waals surface area contributed by atoms with Crippen LogP contribution in [0.2, 0.25) is 5.02 Å². The Morgan fingerprint density at radius 2 is 2.09 bits per heavy atom. The number of hydrogen-bond acceptors (Lipinski definition) is 4. The Kier molecular flexibility index (Phi) is 4.95. The van der Waals surface area contributed by atoms with Crippen LogP contribution in [0.5, 0.6) is 0 Å². The fourth-order valence-corrected chi connectivity index (χ4v) is 1.98. The largest absolute Gasteiger partial charge is 0.618 e. The minimum Gasteiger partial charge on any atom is -0.618 e. The Morgan fingerprint density at radius 1 is 1.32 bits per heavy atom. The molecule has 0 saturated carbocycles. The van der Waals surface area contributed by atoms with Gasteiger partial charge in [-0.3, -0.25) is 4.79 Å². The third kappa shape index (κ3) is 3.95. The monoisotopic (exact) mass is 320 g/mol. The molecule has 1 N–H and O–H groups in total. The number of pyridine rings is 1. The van der Waals surface area contributed by atoms with Crippen molar-refractivity contribution in [1.29, 1.82) is 0 Å². The summed E-state index contributed by atoms with van der Waals surface area (Å²) in [6.45, 7) is 1.36. The number of rotatable bonds is 4. The highest BCUT2D eigenvalue weighted by Crippen LogP contribution is 2.22. The molecule has 22 heavy (non-hydrogen) atoms. The fourth-order valence-electron chi connectivity index (χ4n) is 1.70. The quantitative estimate of drug-likeness (QED) is 0.531. The minimum absolute atomic E-state index is 0.191. The molecule has 0 atom stereocenters. The van der Waals surface area contributed by atoms with Crippen molar-refractivity contribution >= 4 is 29.2 Å². The topological polar surface area (TPSA) is 82.3 Å². The molecule has 7 heteroatoms. The maximum absolute atomic E-state index is 11.7. The van der Waals surface area contributed by atoms with Gasteiger partial charge in [-0.2, -0.15) is 4.73 Å². The molecule has 2 rings (SSSR count). The second kappa shape index (κ2) is 6.91. The van der Waals surface area contributed by atoms with Crippen LogP contribution < -0.4 is 10.0 Å². The molecule has 114 valence electrons. The van der Waals surface area contributed by atoms with Crippen molar-refractivity contribution in [3.63, 3.8) is 0 Å². The molecule has 0 fully saturated rings. The summed E-state index contributed by atoms with van der Waals surface area (Å²) < 4.78 is 5.16. The fraction of sp³-hybridized carbons (Fsp3) is 0.133. The zero-order valence-corrected chi connectivity index (χ0v) is 12.5. The number of carbonyl (C=O) groups is 2. The second-order valence-electron chi connectivity index (χ2n) is 4.52. The summed E-state index contributed by atoms with van der Waals surface area (Å²) in [7, 11) is 0. The molecule has 1 amide bonds. The first-order valence-corrected chi connectivity index (χ1v) is 6.76. The van der Waals surface area contributed by atoms with E-state index >= 15 is 0 Å². The van der Waals surface area contributed by atoms with Gasteiger partial charge in [-0.05, 0) is 30.7 Å². The lowest BCUT2D eigenvalue weighted by Gasteiger charge is -2.08. The minimum atomic E-state index is -0.874. The summed E-state index contributed by atoms with van der Waals surface area (Å²) in [5.74, 6) is -1.42. The third-order valence-electron chi connectivity index (χ3n) is 2.77. The summed E-state index contributed by atoms with van der Waals surface area (Å²) in [6.07, 6.45) is 1.17. The van der Waals surface area contributed by atoms with E-state index in [4.69, 9.17) is 16.3 Å². The number of nitrogens with zero attached hydrogens (tertiary/aromatic N) is 1. The predicted octanol–water partition coefficient (Wildman–Crippen LogP) is 2.08. The van der Waals surface area contributed by atoms with Crippen LogP contribution in [0.25, 0.3) is 0 Å². The van der Waals surface area contributed by atoms with Crippen molar-refractivity contribution in [2.75, 3.05) is 11.9 Å². The number of halogens is 1. The van der Waals surface area contributed by atoms with Crippen molar-refractivity contribution < 1.29 is 19.1 Å². The van der Waals surface area contributed by atoms with Gasteiger partial charge in [0.2, 0.25) is 0 Å². The van der Waals surface area contributed by atoms with E-state index in [0.717, 1.165) is 5.56 Å². The zero-order valence-electron chi connectivity index (χ0n) is 11.7. The van der Waals surface area contributed by atoms with Crippen molar-refractivity contribution in [2.24, 2.45) is 0 Å². The van der Waals surface area contributed by atoms with E-state index in [9.17, 15) is 14.8 Å². The van der Waals surface area contributed by atoms with Crippen LogP contribution >= 0.6 is 11.6 Å². The van der Waals surface area contributed by atoms with Crippen LogP contribution in [0.15, 0.2) is 42.6 Å². The number of esters is 1. The average molecular weight is 321 g/mol. The van der Waals surface area contributed by atoms with E-state index in [1.54, 1.807) is 18.2 Å². The van der Waals surface area contributed by atoms with Crippen molar-refractivity contribution in [3.8, 4) is 0 Å². The maximum Gasteiger partial charge on any atom is 0.405 e. The molecule has 0 aliphatic rings. The van der Waals surface area contributed by atoms with Crippen molar-refractivity contribution in [1.82, 2.24) is 0 Å². The summed E-state index contributed by atoms with van der Waals surface area (Å²) in [5.41, 5.74) is 1.19. The molecule has 1 heterocycles. The number of anilines is 1. The van der Waals surface area contributed by atoms with Crippen LogP contribution in [-0.2, 0) is 9.53 Å². The first-order chi connectivity index (χ1) is 10.5. The number of benzene rings is 1. The van der Waals surface area contributed by atoms with E-state index in [1.165, 1.54) is 24.4 Å². The Bertz CT molecular complexity index is 718. The normalized spacial score (nSPS) is 10.1. The van der Waals surface area contributed by atoms with Crippen LogP contribution in [-0.4, -0.2) is 18.5 Å². The first kappa shape index (κ1) is 15.8. The maximum atomic E-state index is 11.7. The number of carbonyl (C=O) groups excluding carboxylic acids is 2. The lowest BCUT2D eigenvalue weighted by Crippen LogP contribution is -2.35. The van der Waals surface area contributed by atoms with Crippen molar-refractivity contribution in [2.45, 2.75) is 6.92 Å². The Morgan fingerprint density at radius 3 is 2.77 bits per heavy atom. The van der Waals surface area contributed by atoms with Gasteiger partial charge in [0.15, 0.2) is 12.8 Å². The molecule has 1 aromatic heterocycles. The smallest absolute Gasteiger partial charge is 0.405 e. The van der Waals surface area contributed by atoms with Gasteiger partial charge in [0, 0.05) is 12.1 Å². The zero-order chi connectivity index (χ0) is 16.1. The third-order valence-corrected chi connectivity index (χ3v) is 3.08. The summed E-state index contributed by atoms with van der Waals surface area (Å²) in [4.78, 5) is 23.4. The standard InChI is InChI=1S/C15H13ClN2O4/c1-10-5-6-12(11(16)8-10)17-14(19)9-22-15(20)13-4-2-3-7-18(13)21/h2-8H,9H2,1H3,(H,17,19). The molecule has 0 aliphatic heterocycles. The molecule has 0 bridgehead atoms. The predicted molar refractivity (Wildman–Crippen MR) is 80.5 cm³/mol. The van der Waals surface area contributed by atoms with E-state index in [0.29, 0.717) is 15.4 Å². The van der Waals surface area contributed by atoms with Gasteiger partial charge in [-0.1, -0.05) is 17.7 Å². The van der Waals surface area contributed by atoms with Crippen molar-refractivity contribution in [3.05, 3.63) is 64.1 Å². The van der Waals surface area contributed by atoms with Gasteiger partial charge >= 0.3 is 11.7 Å². The SMILES string of the molecule is Cc1ccc(NC(=O)COC(=O)c2cccc[n+]2[O-])c(Cl)c1. The summed E-state index contributed by atoms with van der Waals surface area (Å²) in [5, 5.41) is 14.3. The summed E-state index contributed by atoms with van der Waals surface area (Å²) in [6, 6.07) is 9.46. The number of aromatic nitrogens is 1. The number of ether oxygens (including phenoxy) is 1. The van der Waals surface area contributed by atoms with Gasteiger partial charge in [0.25, 0.3) is 5.91 Å². The van der Waals surface area contributed by atoms with Gasteiger partial charge in [-0.25, -0.2) is 4.79 Å². The van der Waals surface area contributed by atoms with Crippen LogP contribution in [0.3, 0.4) is 0 Å². The molecular formula is C15H13ClN2O4. The molecule has 0 saturated heterocycles.